The Kier molecular flexibility index (Phi) is 7.99. The fraction of sp³-hybridized carbons (Fsp3) is 0.0294. The summed E-state index contributed by atoms with van der Waals surface area (Å²) in [6, 6.07) is 90.0. The number of furan rings is 1. The summed E-state index contributed by atoms with van der Waals surface area (Å²) in [5, 5.41) is 2.05. The van der Waals surface area contributed by atoms with E-state index in [1.807, 2.05) is 6.07 Å². The van der Waals surface area contributed by atoms with Gasteiger partial charge in [-0.2, -0.15) is 0 Å². The molecule has 336 valence electrons. The molecule has 4 nitrogen and oxygen atoms in total. The second-order valence-corrected chi connectivity index (χ2v) is 19.4. The number of para-hydroxylation sites is 4. The molecule has 4 aliphatic rings. The third-order valence-electron chi connectivity index (χ3n) is 16.0. The monoisotopic (exact) mass is 919 g/mol. The van der Waals surface area contributed by atoms with Crippen molar-refractivity contribution in [3.63, 3.8) is 0 Å². The van der Waals surface area contributed by atoms with E-state index in [-0.39, 0.29) is 0 Å². The Morgan fingerprint density at radius 1 is 0.306 bits per heavy atom. The predicted molar refractivity (Wildman–Crippen MR) is 289 cm³/mol. The molecule has 0 N–H and O–H groups in total. The first-order valence-corrected chi connectivity index (χ1v) is 24.7. The lowest BCUT2D eigenvalue weighted by Gasteiger charge is -2.42. The van der Waals surface area contributed by atoms with Gasteiger partial charge in [0.25, 0.3) is 0 Å². The van der Waals surface area contributed by atoms with E-state index in [1.165, 1.54) is 44.5 Å². The Labute approximate surface area is 416 Å². The number of nitrogens with zero attached hydrogens (tertiary/aromatic N) is 1. The number of rotatable bonds is 4. The lowest BCUT2D eigenvalue weighted by molar-refractivity contribution is 0.437. The summed E-state index contributed by atoms with van der Waals surface area (Å²) in [7, 11) is 0. The van der Waals surface area contributed by atoms with Crippen LogP contribution >= 0.6 is 0 Å². The molecular weight excluding hydrogens is 879 g/mol. The van der Waals surface area contributed by atoms with Gasteiger partial charge < -0.3 is 18.8 Å². The SMILES string of the molecule is c1ccc(-c2cc(N(c3cccc4c3Oc3ccccc3C43c4ccccc4-c4ccccc43)c3cccc4oc5ccccc5c34)cc3c2Oc2ccccc2C32c3ccccc3-c3ccccc32)cc1. The summed E-state index contributed by atoms with van der Waals surface area (Å²) in [5.74, 6) is 3.30. The van der Waals surface area contributed by atoms with Crippen LogP contribution < -0.4 is 14.4 Å². The smallest absolute Gasteiger partial charge is 0.156 e. The number of benzene rings is 11. The average Bonchev–Trinajstić information content (AvgIpc) is 4.07. The molecule has 0 unspecified atom stereocenters. The van der Waals surface area contributed by atoms with Crippen molar-refractivity contribution in [2.45, 2.75) is 10.8 Å². The van der Waals surface area contributed by atoms with Gasteiger partial charge in [0.05, 0.1) is 27.6 Å². The molecule has 0 fully saturated rings. The number of hydrogen-bond donors (Lipinski definition) is 0. The molecule has 12 aromatic rings. The van der Waals surface area contributed by atoms with Gasteiger partial charge in [0.1, 0.15) is 28.4 Å². The highest BCUT2D eigenvalue weighted by atomic mass is 16.5. The summed E-state index contributed by atoms with van der Waals surface area (Å²) >= 11 is 0. The maximum Gasteiger partial charge on any atom is 0.156 e. The molecule has 0 amide bonds. The summed E-state index contributed by atoms with van der Waals surface area (Å²) in [5.41, 5.74) is 19.3. The van der Waals surface area contributed by atoms with Crippen molar-refractivity contribution in [2.24, 2.45) is 0 Å². The maximum atomic E-state index is 7.50. The van der Waals surface area contributed by atoms with E-state index in [0.717, 1.165) is 95.4 Å². The van der Waals surface area contributed by atoms with Crippen molar-refractivity contribution in [3.8, 4) is 56.4 Å². The van der Waals surface area contributed by atoms with Crippen LogP contribution in [0.1, 0.15) is 44.5 Å². The first-order chi connectivity index (χ1) is 35.7. The number of hydrogen-bond acceptors (Lipinski definition) is 4. The minimum Gasteiger partial charge on any atom is -0.456 e. The van der Waals surface area contributed by atoms with Gasteiger partial charge in [-0.1, -0.05) is 200 Å². The lowest BCUT2D eigenvalue weighted by atomic mass is 9.65. The summed E-state index contributed by atoms with van der Waals surface area (Å²) < 4.78 is 21.6. The van der Waals surface area contributed by atoms with Gasteiger partial charge in [0.2, 0.25) is 0 Å². The predicted octanol–water partition coefficient (Wildman–Crippen LogP) is 17.7. The Morgan fingerprint density at radius 2 is 0.764 bits per heavy atom. The third-order valence-corrected chi connectivity index (χ3v) is 16.0. The average molecular weight is 920 g/mol. The van der Waals surface area contributed by atoms with Crippen LogP contribution in [0.25, 0.3) is 55.3 Å². The fourth-order valence-corrected chi connectivity index (χ4v) is 13.3. The van der Waals surface area contributed by atoms with Crippen molar-refractivity contribution in [1.82, 2.24) is 0 Å². The van der Waals surface area contributed by atoms with Crippen LogP contribution in [0, 0.1) is 0 Å². The molecule has 2 aliphatic carbocycles. The minimum atomic E-state index is -0.732. The van der Waals surface area contributed by atoms with Gasteiger partial charge in [-0.25, -0.2) is 0 Å². The highest BCUT2D eigenvalue weighted by molar-refractivity contribution is 6.14. The van der Waals surface area contributed by atoms with Gasteiger partial charge in [-0.15, -0.1) is 0 Å². The summed E-state index contributed by atoms with van der Waals surface area (Å²) in [6.45, 7) is 0. The van der Waals surface area contributed by atoms with Crippen LogP contribution in [-0.2, 0) is 10.8 Å². The zero-order valence-electron chi connectivity index (χ0n) is 38.8. The molecule has 2 aliphatic heterocycles. The quantitative estimate of drug-likeness (QED) is 0.176. The van der Waals surface area contributed by atoms with E-state index in [0.29, 0.717) is 0 Å². The fourth-order valence-electron chi connectivity index (χ4n) is 13.3. The van der Waals surface area contributed by atoms with Gasteiger partial charge in [-0.3, -0.25) is 0 Å². The van der Waals surface area contributed by atoms with E-state index >= 15 is 0 Å². The van der Waals surface area contributed by atoms with Gasteiger partial charge in [0, 0.05) is 38.9 Å². The van der Waals surface area contributed by atoms with Gasteiger partial charge >= 0.3 is 0 Å². The van der Waals surface area contributed by atoms with Crippen LogP contribution in [-0.4, -0.2) is 0 Å². The molecular formula is C68H41NO3. The van der Waals surface area contributed by atoms with Crippen LogP contribution in [0.2, 0.25) is 0 Å². The molecule has 0 radical (unpaired) electrons. The largest absolute Gasteiger partial charge is 0.456 e. The standard InChI is InChI=1S/C68H41NO3/c1-2-20-42(21-3-1)49-40-43(41-57-65(49)71-61-37-16-14-32-55(61)68(57)52-29-11-6-24-46(52)47-25-7-12-30-53(47)68)69(58-34-19-39-63-64(58)48-26-8-15-36-60(48)70-63)59-35-18-33-56-66(59)72-62-38-17-13-31-54(62)67(56)50-27-9-4-22-44(50)45-23-5-10-28-51(45)67/h1-41H. The molecule has 0 atom stereocenters. The zero-order valence-corrected chi connectivity index (χ0v) is 38.8. The Bertz CT molecular complexity index is 4170. The normalized spacial score (nSPS) is 14.3. The first kappa shape index (κ1) is 39.5. The van der Waals surface area contributed by atoms with Crippen molar-refractivity contribution in [1.29, 1.82) is 0 Å². The maximum absolute atomic E-state index is 7.50. The summed E-state index contributed by atoms with van der Waals surface area (Å²) in [6.07, 6.45) is 0. The second kappa shape index (κ2) is 14.6. The van der Waals surface area contributed by atoms with Crippen molar-refractivity contribution < 1.29 is 13.9 Å². The highest BCUT2D eigenvalue weighted by Crippen LogP contribution is 2.67. The third kappa shape index (κ3) is 5.00. The van der Waals surface area contributed by atoms with Gasteiger partial charge in [0.15, 0.2) is 5.75 Å². The molecule has 0 saturated heterocycles. The van der Waals surface area contributed by atoms with E-state index in [2.05, 4.69) is 248 Å². The lowest BCUT2D eigenvalue weighted by Crippen LogP contribution is -2.33. The van der Waals surface area contributed by atoms with Crippen LogP contribution in [0.5, 0.6) is 23.0 Å². The Balaban J connectivity index is 1.06. The molecule has 0 saturated carbocycles. The first-order valence-electron chi connectivity index (χ1n) is 24.7. The number of anilines is 3. The van der Waals surface area contributed by atoms with Crippen LogP contribution in [0.15, 0.2) is 253 Å². The van der Waals surface area contributed by atoms with Crippen LogP contribution in [0.3, 0.4) is 0 Å². The molecule has 1 aromatic heterocycles. The Hall–Kier alpha value is -9.38. The molecule has 2 spiro atoms. The molecule has 0 bridgehead atoms. The molecule has 4 heteroatoms. The van der Waals surface area contributed by atoms with E-state index in [4.69, 9.17) is 13.9 Å². The van der Waals surface area contributed by atoms with E-state index in [9.17, 15) is 0 Å². The summed E-state index contributed by atoms with van der Waals surface area (Å²) in [4.78, 5) is 2.44. The molecule has 72 heavy (non-hydrogen) atoms. The van der Waals surface area contributed by atoms with Crippen LogP contribution in [0.4, 0.5) is 17.1 Å². The van der Waals surface area contributed by atoms with E-state index in [1.54, 1.807) is 0 Å². The van der Waals surface area contributed by atoms with Crippen molar-refractivity contribution in [2.75, 3.05) is 4.90 Å². The van der Waals surface area contributed by atoms with Crippen molar-refractivity contribution >= 4 is 39.0 Å². The van der Waals surface area contributed by atoms with E-state index < -0.39 is 10.8 Å². The minimum absolute atomic E-state index is 0.669. The number of ether oxygens (including phenoxy) is 2. The second-order valence-electron chi connectivity index (χ2n) is 19.4. The van der Waals surface area contributed by atoms with Gasteiger partial charge in [-0.05, 0) is 98.6 Å². The molecule has 11 aromatic carbocycles. The number of fused-ring (bicyclic) bond motifs is 21. The van der Waals surface area contributed by atoms with Crippen molar-refractivity contribution in [3.05, 3.63) is 293 Å². The highest BCUT2D eigenvalue weighted by Gasteiger charge is 2.54. The molecule has 3 heterocycles. The molecule has 16 rings (SSSR count). The topological polar surface area (TPSA) is 34.8 Å². The zero-order chi connectivity index (χ0) is 47.1. The Morgan fingerprint density at radius 3 is 1.39 bits per heavy atom.